The maximum absolute atomic E-state index is 14.4. The summed E-state index contributed by atoms with van der Waals surface area (Å²) in [6.07, 6.45) is 2.28. The third kappa shape index (κ3) is 14.9. The number of alkyl carbamates (subject to hydrolysis) is 1. The number of rotatable bonds is 20. The molecule has 4 bridgehead atoms. The molecule has 1 aliphatic carbocycles. The highest BCUT2D eigenvalue weighted by molar-refractivity contribution is 8.00. The fourth-order valence-electron chi connectivity index (χ4n) is 11.9. The van der Waals surface area contributed by atoms with Gasteiger partial charge in [-0.05, 0) is 94.7 Å². The van der Waals surface area contributed by atoms with E-state index >= 15 is 0 Å². The Morgan fingerprint density at radius 2 is 1.77 bits per heavy atom. The SMILES string of the molecule is COc1cc2cc(c1Cl)N(C)C(=O)C[C@H](OC(=O)[C@H](C)N(C)C(=O)CCSC1CC(=O)N(CCCOCCCNc3cc(-n4nc(C)c5c4CC(C)(C)CC5=O)ccc3C(N)=O)C1=O)C1(C)O[C@H]1[C@H](C)[C@@H]1C[C@@](O)(NC(=O)O1)[C@H](OC)/C=C/C=C(\C)C2. The Morgan fingerprint density at radius 3 is 2.48 bits per heavy atom. The van der Waals surface area contributed by atoms with Crippen molar-refractivity contribution >= 4 is 82.1 Å². The lowest BCUT2D eigenvalue weighted by Crippen LogP contribution is -2.63. The molecular formula is C62H81ClN8O15S. The number of fused-ring (bicyclic) bond motifs is 6. The molecule has 3 aromatic rings. The quantitative estimate of drug-likeness (QED) is 0.0410. The van der Waals surface area contributed by atoms with Gasteiger partial charge in [0.05, 0.1) is 58.8 Å². The maximum atomic E-state index is 14.4. The third-order valence-corrected chi connectivity index (χ3v) is 18.6. The number of carbonyl (C=O) groups is 8. The van der Waals surface area contributed by atoms with Crippen LogP contribution in [-0.4, -0.2) is 179 Å². The van der Waals surface area contributed by atoms with E-state index in [1.165, 1.54) is 54.7 Å². The number of aromatic nitrogens is 2. The molecule has 4 aliphatic heterocycles. The first-order valence-electron chi connectivity index (χ1n) is 29.3. The molecule has 3 saturated heterocycles. The van der Waals surface area contributed by atoms with Crippen LogP contribution in [0, 0.1) is 18.3 Å². The molecular weight excluding hydrogens is 1160 g/mol. The van der Waals surface area contributed by atoms with Gasteiger partial charge < -0.3 is 54.4 Å². The van der Waals surface area contributed by atoms with Crippen LogP contribution in [0.3, 0.4) is 0 Å². The zero-order chi connectivity index (χ0) is 63.4. The molecule has 1 aromatic heterocycles. The van der Waals surface area contributed by atoms with Gasteiger partial charge in [0.15, 0.2) is 11.5 Å². The van der Waals surface area contributed by atoms with Gasteiger partial charge in [-0.1, -0.05) is 56.2 Å². The van der Waals surface area contributed by atoms with Crippen LogP contribution in [0.2, 0.25) is 5.02 Å². The lowest BCUT2D eigenvalue weighted by atomic mass is 9.75. The van der Waals surface area contributed by atoms with Crippen molar-refractivity contribution < 1.29 is 71.9 Å². The van der Waals surface area contributed by atoms with E-state index in [0.717, 1.165) is 16.8 Å². The Balaban J connectivity index is 0.826. The largest absolute Gasteiger partial charge is 0.495 e. The molecule has 5 N–H and O–H groups in total. The van der Waals surface area contributed by atoms with E-state index in [1.54, 1.807) is 68.1 Å². The summed E-state index contributed by atoms with van der Waals surface area (Å²) in [5.74, 6) is -3.09. The number of epoxide rings is 1. The highest BCUT2D eigenvalue weighted by Gasteiger charge is 2.64. The zero-order valence-electron chi connectivity index (χ0n) is 51.3. The van der Waals surface area contributed by atoms with E-state index in [1.807, 2.05) is 19.9 Å². The molecule has 25 heteroatoms. The molecule has 2 unspecified atom stereocenters. The van der Waals surface area contributed by atoms with Crippen molar-refractivity contribution in [2.45, 2.75) is 153 Å². The number of aliphatic hydroxyl groups is 1. The average Bonchev–Trinajstić information content (AvgIpc) is 3.65. The summed E-state index contributed by atoms with van der Waals surface area (Å²) in [6.45, 7) is 14.0. The Hall–Kier alpha value is -6.83. The molecule has 2 aromatic carbocycles. The number of anilines is 2. The molecule has 87 heavy (non-hydrogen) atoms. The second-order valence-corrected chi connectivity index (χ2v) is 25.9. The summed E-state index contributed by atoms with van der Waals surface area (Å²) in [4.78, 5) is 111. The maximum Gasteiger partial charge on any atom is 0.409 e. The number of ether oxygens (including phenoxy) is 6. The van der Waals surface area contributed by atoms with Crippen LogP contribution >= 0.6 is 23.4 Å². The van der Waals surface area contributed by atoms with E-state index < -0.39 is 89.2 Å². The van der Waals surface area contributed by atoms with Gasteiger partial charge in [0, 0.05) is 90.5 Å². The van der Waals surface area contributed by atoms with Crippen molar-refractivity contribution in [2.24, 2.45) is 17.1 Å². The number of carbonyl (C=O) groups excluding carboxylic acids is 8. The van der Waals surface area contributed by atoms with E-state index in [-0.39, 0.29) is 66.2 Å². The van der Waals surface area contributed by atoms with Crippen molar-refractivity contribution in [1.29, 1.82) is 0 Å². The van der Waals surface area contributed by atoms with Gasteiger partial charge in [-0.2, -0.15) is 5.10 Å². The van der Waals surface area contributed by atoms with Gasteiger partial charge in [0.25, 0.3) is 5.91 Å². The number of thioether (sulfide) groups is 1. The number of nitrogens with zero attached hydrogens (tertiary/aromatic N) is 5. The summed E-state index contributed by atoms with van der Waals surface area (Å²) in [5.41, 5.74) is 7.95. The second kappa shape index (κ2) is 27.3. The Bertz CT molecular complexity index is 3240. The van der Waals surface area contributed by atoms with Crippen LogP contribution in [0.25, 0.3) is 5.69 Å². The normalized spacial score (nSPS) is 26.8. The number of likely N-dealkylation sites (N-methyl/N-ethyl adjacent to an activating group) is 1. The van der Waals surface area contributed by atoms with Crippen LogP contribution < -0.4 is 26.0 Å². The van der Waals surface area contributed by atoms with Crippen molar-refractivity contribution in [3.8, 4) is 11.4 Å². The fraction of sp³-hybridized carbons (Fsp3) is 0.565. The Morgan fingerprint density at radius 1 is 1.03 bits per heavy atom. The number of amides is 6. The summed E-state index contributed by atoms with van der Waals surface area (Å²) >= 11 is 8.02. The molecule has 0 spiro atoms. The summed E-state index contributed by atoms with van der Waals surface area (Å²) < 4.78 is 37.1. The van der Waals surface area contributed by atoms with Crippen LogP contribution in [-0.2, 0) is 60.5 Å². The first kappa shape index (κ1) is 66.1. The van der Waals surface area contributed by atoms with Crippen LogP contribution in [0.1, 0.15) is 124 Å². The molecule has 23 nitrogen and oxygen atoms in total. The zero-order valence-corrected chi connectivity index (χ0v) is 52.9. The number of hydrogen-bond acceptors (Lipinski definition) is 18. The number of nitrogens with two attached hydrogens (primary N) is 1. The van der Waals surface area contributed by atoms with Gasteiger partial charge in [-0.25, -0.2) is 14.3 Å². The predicted molar refractivity (Wildman–Crippen MR) is 325 cm³/mol. The average molecular weight is 1250 g/mol. The summed E-state index contributed by atoms with van der Waals surface area (Å²) in [7, 11) is 5.87. The number of methoxy groups -OCH3 is 2. The Kier molecular flexibility index (Phi) is 20.7. The topological polar surface area (TPSA) is 293 Å². The van der Waals surface area contributed by atoms with E-state index in [0.29, 0.717) is 84.9 Å². The van der Waals surface area contributed by atoms with Crippen molar-refractivity contribution in [2.75, 3.05) is 70.6 Å². The highest BCUT2D eigenvalue weighted by Crippen LogP contribution is 2.49. The number of allylic oxidation sites excluding steroid dienone is 3. The van der Waals surface area contributed by atoms with Gasteiger partial charge in [-0.3, -0.25) is 39.0 Å². The minimum absolute atomic E-state index is 0.0280. The van der Waals surface area contributed by atoms with Gasteiger partial charge in [0.1, 0.15) is 40.7 Å². The number of ketones is 1. The summed E-state index contributed by atoms with van der Waals surface area (Å²) in [6, 6.07) is 7.58. The number of esters is 1. The number of Topliss-reactive ketones (excluding diaryl/α,β-unsaturated/α-hetero) is 1. The number of aryl methyl sites for hydroxylation is 1. The minimum atomic E-state index is -1.89. The van der Waals surface area contributed by atoms with Crippen molar-refractivity contribution in [3.05, 3.63) is 87.2 Å². The first-order chi connectivity index (χ1) is 41.1. The first-order valence-corrected chi connectivity index (χ1v) is 30.7. The number of nitrogens with one attached hydrogen (secondary N) is 2. The summed E-state index contributed by atoms with van der Waals surface area (Å²) in [5, 5.41) is 21.9. The van der Waals surface area contributed by atoms with E-state index in [9.17, 15) is 43.5 Å². The number of likely N-dealkylation sites (tertiary alicyclic amines) is 1. The third-order valence-electron chi connectivity index (χ3n) is 17.0. The highest BCUT2D eigenvalue weighted by atomic mass is 35.5. The number of imide groups is 1. The van der Waals surface area contributed by atoms with Crippen LogP contribution in [0.4, 0.5) is 16.2 Å². The molecule has 3 fully saturated rings. The van der Waals surface area contributed by atoms with Gasteiger partial charge >= 0.3 is 12.1 Å². The minimum Gasteiger partial charge on any atom is -0.495 e. The number of hydrogen-bond donors (Lipinski definition) is 4. The van der Waals surface area contributed by atoms with Crippen LogP contribution in [0.5, 0.6) is 5.75 Å². The lowest BCUT2D eigenvalue weighted by Gasteiger charge is -2.42. The molecule has 9 atom stereocenters. The molecule has 6 amide bonds. The van der Waals surface area contributed by atoms with Crippen molar-refractivity contribution in [3.63, 3.8) is 0 Å². The Labute approximate surface area is 516 Å². The van der Waals surface area contributed by atoms with E-state index in [2.05, 4.69) is 24.5 Å². The number of halogens is 1. The molecule has 5 heterocycles. The predicted octanol–water partition coefficient (Wildman–Crippen LogP) is 6.42. The van der Waals surface area contributed by atoms with Crippen molar-refractivity contribution in [1.82, 2.24) is 24.9 Å². The van der Waals surface area contributed by atoms with Gasteiger partial charge in [0.2, 0.25) is 23.6 Å². The smallest absolute Gasteiger partial charge is 0.409 e. The standard InChI is InChI=1S/C62H81ClN8O15S/c1-34-15-12-16-48(82-11)62(80)33-46(84-59(79)66-62)35(2)55-61(7,86-55)49(30-51(74)69(9)42-26-38(25-34)27-45(81-10)54(42)63)85-58(78)37(4)68(8)50(73)19-24-87-47-29-52(75)70(57(47)77)21-14-23-83-22-13-20-65-41-28-39(17-18-40(41)56(64)76)71-43-31-60(5,6)32-44(72)53(43)36(3)67-71/h12,15-18,26-28,35,37,46-49,55,65,80H,13-14,19-25,29-33H2,1-11H3,(H2,64,76)(H,66,79)/b16-12+,34-15+/t35-,37+,46+,47?,48-,49+,55+,61?,62+/m1/s1. The molecule has 0 saturated carbocycles. The number of benzene rings is 2. The van der Waals surface area contributed by atoms with Crippen LogP contribution in [0.15, 0.2) is 54.1 Å². The molecule has 5 aliphatic rings. The lowest BCUT2D eigenvalue weighted by molar-refractivity contribution is -0.162. The fourth-order valence-corrected chi connectivity index (χ4v) is 13.3. The molecule has 8 rings (SSSR count). The molecule has 0 radical (unpaired) electrons. The second-order valence-electron chi connectivity index (χ2n) is 24.2. The van der Waals surface area contributed by atoms with E-state index in [4.69, 9.17) is 50.9 Å². The monoisotopic (exact) mass is 1240 g/mol. The van der Waals surface area contributed by atoms with Gasteiger partial charge in [-0.15, -0.1) is 11.8 Å². The molecule has 472 valence electrons. The number of primary amides is 1.